The van der Waals surface area contributed by atoms with E-state index in [9.17, 15) is 31.5 Å². The fraction of sp³-hybridized carbons (Fsp3) is 0.353. The van der Waals surface area contributed by atoms with Gasteiger partial charge in [-0.25, -0.2) is 19.2 Å². The summed E-state index contributed by atoms with van der Waals surface area (Å²) in [6, 6.07) is 9.31. The van der Waals surface area contributed by atoms with Crippen molar-refractivity contribution in [3.8, 4) is 23.1 Å². The second kappa shape index (κ2) is 17.5. The number of likely N-dealkylation sites (tertiary alicyclic amines) is 1. The third-order valence-electron chi connectivity index (χ3n) is 8.42. The summed E-state index contributed by atoms with van der Waals surface area (Å²) in [6.07, 6.45) is 0.357. The van der Waals surface area contributed by atoms with Crippen LogP contribution in [-0.2, 0) is 14.3 Å². The van der Waals surface area contributed by atoms with Crippen LogP contribution in [0.4, 0.5) is 33.5 Å². The van der Waals surface area contributed by atoms with Crippen molar-refractivity contribution in [1.82, 2.24) is 29.9 Å². The SMILES string of the molecule is N#CCOc1ccc(-c2cnc3c(Nc4ccc(C(=O)N5CCC(C(=O)OCC6CNCCN6)CC5)c(Cl)c4)nccn23)c(F)c1F.O=C(O)C(F)(F)F. The molecule has 4 N–H and O–H groups in total. The molecule has 0 saturated carbocycles. The highest BCUT2D eigenvalue weighted by molar-refractivity contribution is 6.34. The van der Waals surface area contributed by atoms with Gasteiger partial charge in [-0.2, -0.15) is 22.8 Å². The molecule has 0 bridgehead atoms. The Labute approximate surface area is 308 Å². The Balaban J connectivity index is 0.000000730. The highest BCUT2D eigenvalue weighted by Gasteiger charge is 2.38. The zero-order chi connectivity index (χ0) is 39.0. The van der Waals surface area contributed by atoms with Gasteiger partial charge >= 0.3 is 18.1 Å². The number of alkyl halides is 3. The van der Waals surface area contributed by atoms with Crippen molar-refractivity contribution in [3.63, 3.8) is 0 Å². The van der Waals surface area contributed by atoms with E-state index in [0.29, 0.717) is 55.3 Å². The minimum absolute atomic E-state index is 0.0578. The second-order valence-corrected chi connectivity index (χ2v) is 12.4. The number of piperidine rings is 1. The number of nitriles is 1. The lowest BCUT2D eigenvalue weighted by Crippen LogP contribution is -2.51. The van der Waals surface area contributed by atoms with E-state index in [1.807, 2.05) is 0 Å². The number of carboxylic acid groups (broad SMARTS) is 1. The van der Waals surface area contributed by atoms with E-state index in [4.69, 9.17) is 36.2 Å². The number of hydrogen-bond acceptors (Lipinski definition) is 11. The average Bonchev–Trinajstić information content (AvgIpc) is 3.59. The van der Waals surface area contributed by atoms with E-state index < -0.39 is 30.4 Å². The smallest absolute Gasteiger partial charge is 0.476 e. The maximum Gasteiger partial charge on any atom is 0.490 e. The van der Waals surface area contributed by atoms with Gasteiger partial charge in [-0.05, 0) is 43.2 Å². The lowest BCUT2D eigenvalue weighted by molar-refractivity contribution is -0.192. The summed E-state index contributed by atoms with van der Waals surface area (Å²) >= 11 is 6.56. The van der Waals surface area contributed by atoms with E-state index in [1.54, 1.807) is 39.8 Å². The lowest BCUT2D eigenvalue weighted by Gasteiger charge is -2.32. The highest BCUT2D eigenvalue weighted by Crippen LogP contribution is 2.32. The van der Waals surface area contributed by atoms with Gasteiger partial charge in [0.2, 0.25) is 5.82 Å². The van der Waals surface area contributed by atoms with Crippen molar-refractivity contribution >= 4 is 46.6 Å². The van der Waals surface area contributed by atoms with Gasteiger partial charge in [0.1, 0.15) is 12.7 Å². The predicted molar refractivity (Wildman–Crippen MR) is 182 cm³/mol. The number of carboxylic acids is 1. The number of ether oxygens (including phenoxy) is 2. The molecular weight excluding hydrogens is 747 g/mol. The summed E-state index contributed by atoms with van der Waals surface area (Å²) < 4.78 is 73.3. The van der Waals surface area contributed by atoms with Crippen LogP contribution in [0.2, 0.25) is 5.02 Å². The summed E-state index contributed by atoms with van der Waals surface area (Å²) in [7, 11) is 0. The van der Waals surface area contributed by atoms with Crippen LogP contribution in [0.25, 0.3) is 16.9 Å². The first-order valence-electron chi connectivity index (χ1n) is 16.3. The molecule has 1 unspecified atom stereocenters. The molecule has 2 aromatic heterocycles. The number of aromatic nitrogens is 3. The molecule has 4 aromatic rings. The van der Waals surface area contributed by atoms with Gasteiger partial charge in [-0.15, -0.1) is 0 Å². The second-order valence-electron chi connectivity index (χ2n) is 12.0. The molecule has 14 nitrogen and oxygen atoms in total. The zero-order valence-corrected chi connectivity index (χ0v) is 28.9. The van der Waals surface area contributed by atoms with E-state index in [0.717, 1.165) is 19.6 Å². The van der Waals surface area contributed by atoms with E-state index in [1.165, 1.54) is 24.5 Å². The molecule has 6 rings (SSSR count). The third-order valence-corrected chi connectivity index (χ3v) is 8.73. The van der Waals surface area contributed by atoms with Crippen LogP contribution < -0.4 is 20.7 Å². The number of hydrogen-bond donors (Lipinski definition) is 4. The quantitative estimate of drug-likeness (QED) is 0.138. The highest BCUT2D eigenvalue weighted by atomic mass is 35.5. The topological polar surface area (TPSA) is 183 Å². The summed E-state index contributed by atoms with van der Waals surface area (Å²) in [4.78, 5) is 45.2. The number of anilines is 2. The summed E-state index contributed by atoms with van der Waals surface area (Å²) in [6.45, 7) is 3.21. The largest absolute Gasteiger partial charge is 0.490 e. The number of esters is 1. The van der Waals surface area contributed by atoms with Gasteiger partial charge in [-0.3, -0.25) is 14.0 Å². The predicted octanol–water partition coefficient (Wildman–Crippen LogP) is 4.56. The molecule has 286 valence electrons. The van der Waals surface area contributed by atoms with Crippen molar-refractivity contribution < 1.29 is 50.9 Å². The van der Waals surface area contributed by atoms with Gasteiger partial charge in [0.05, 0.1) is 34.4 Å². The number of amides is 1. The number of carbonyl (C=O) groups is 3. The molecule has 20 heteroatoms. The first-order valence-corrected chi connectivity index (χ1v) is 16.7. The van der Waals surface area contributed by atoms with Crippen molar-refractivity contribution in [2.24, 2.45) is 5.92 Å². The first kappa shape index (κ1) is 39.6. The Kier molecular flexibility index (Phi) is 12.8. The average molecular weight is 779 g/mol. The minimum atomic E-state index is -5.08. The van der Waals surface area contributed by atoms with Gasteiger partial charge in [-0.1, -0.05) is 11.6 Å². The molecule has 2 aliphatic rings. The van der Waals surface area contributed by atoms with Crippen molar-refractivity contribution in [3.05, 3.63) is 71.1 Å². The molecular formula is C34H32ClF5N8O6. The number of carbonyl (C=O) groups excluding carboxylic acids is 2. The molecule has 2 saturated heterocycles. The minimum Gasteiger partial charge on any atom is -0.476 e. The maximum absolute atomic E-state index is 15.0. The van der Waals surface area contributed by atoms with E-state index in [2.05, 4.69) is 25.9 Å². The van der Waals surface area contributed by atoms with Gasteiger partial charge in [0.15, 0.2) is 29.6 Å². The normalized spacial score (nSPS) is 16.2. The zero-order valence-electron chi connectivity index (χ0n) is 28.1. The Morgan fingerprint density at radius 1 is 1.09 bits per heavy atom. The van der Waals surface area contributed by atoms with Crippen LogP contribution in [0.1, 0.15) is 23.2 Å². The van der Waals surface area contributed by atoms with E-state index >= 15 is 0 Å². The van der Waals surface area contributed by atoms with Crippen molar-refractivity contribution in [2.75, 3.05) is 51.3 Å². The number of nitrogens with one attached hydrogen (secondary N) is 3. The van der Waals surface area contributed by atoms with Crippen LogP contribution in [0.15, 0.2) is 48.9 Å². The molecule has 1 atom stereocenters. The molecule has 2 aromatic carbocycles. The Morgan fingerprint density at radius 2 is 1.83 bits per heavy atom. The summed E-state index contributed by atoms with van der Waals surface area (Å²) in [5.41, 5.74) is 1.39. The van der Waals surface area contributed by atoms with Crippen molar-refractivity contribution in [1.29, 1.82) is 5.26 Å². The van der Waals surface area contributed by atoms with Crippen molar-refractivity contribution in [2.45, 2.75) is 25.1 Å². The first-order chi connectivity index (χ1) is 25.8. The Morgan fingerprint density at radius 3 is 2.48 bits per heavy atom. The number of rotatable bonds is 9. The fourth-order valence-electron chi connectivity index (χ4n) is 5.68. The molecule has 4 heterocycles. The molecule has 2 fully saturated rings. The molecule has 54 heavy (non-hydrogen) atoms. The van der Waals surface area contributed by atoms with Crippen LogP contribution in [0.5, 0.6) is 5.75 Å². The van der Waals surface area contributed by atoms with Gasteiger partial charge in [0, 0.05) is 56.4 Å². The van der Waals surface area contributed by atoms with Crippen LogP contribution >= 0.6 is 11.6 Å². The number of fused-ring (bicyclic) bond motifs is 1. The Bertz CT molecular complexity index is 2050. The lowest BCUT2D eigenvalue weighted by atomic mass is 9.96. The Hall–Kier alpha value is -5.58. The standard InChI is InChI=1S/C32H31ClF2N8O4.C2HF3O2/c33-24-15-20(1-2-22(24)31(44)42-11-5-19(6-12-42)32(45)47-18-21-16-37-8-9-38-21)41-29-30-40-17-25(43(30)13-10-39-29)23-3-4-26(46-14-7-36)28(35)27(23)34;3-2(4,5)1(6)7/h1-4,10,13,15,17,19,21,37-38H,5-6,8-9,11-12,14,16,18H2,(H,39,41);(H,6,7). The molecule has 1 amide bonds. The van der Waals surface area contributed by atoms with E-state index in [-0.39, 0.29) is 45.9 Å². The number of benzene rings is 2. The number of aliphatic carboxylic acids is 1. The molecule has 0 aliphatic carbocycles. The summed E-state index contributed by atoms with van der Waals surface area (Å²) in [5.74, 6) is -5.89. The van der Waals surface area contributed by atoms with Gasteiger partial charge in [0.25, 0.3) is 5.91 Å². The number of imidazole rings is 1. The summed E-state index contributed by atoms with van der Waals surface area (Å²) in [5, 5.41) is 25.7. The van der Waals surface area contributed by atoms with Crippen LogP contribution in [-0.4, -0.2) is 100 Å². The number of halogens is 6. The maximum atomic E-state index is 15.0. The number of nitrogens with zero attached hydrogens (tertiary/aromatic N) is 5. The fourth-order valence-corrected chi connectivity index (χ4v) is 5.94. The molecule has 2 aliphatic heterocycles. The third kappa shape index (κ3) is 9.50. The van der Waals surface area contributed by atoms with Crippen LogP contribution in [0, 0.1) is 28.9 Å². The molecule has 0 radical (unpaired) electrons. The number of piperazine rings is 1. The van der Waals surface area contributed by atoms with Crippen LogP contribution in [0.3, 0.4) is 0 Å². The molecule has 0 spiro atoms. The van der Waals surface area contributed by atoms with Gasteiger partial charge < -0.3 is 35.4 Å². The monoisotopic (exact) mass is 778 g/mol.